The van der Waals surface area contributed by atoms with Gasteiger partial charge in [0.2, 0.25) is 17.7 Å². The number of aromatic nitrogens is 2. The summed E-state index contributed by atoms with van der Waals surface area (Å²) in [5.41, 5.74) is 6.30. The first-order valence-corrected chi connectivity index (χ1v) is 7.37. The van der Waals surface area contributed by atoms with Crippen molar-refractivity contribution in [1.29, 1.82) is 0 Å². The Bertz CT molecular complexity index is 506. The fourth-order valence-corrected chi connectivity index (χ4v) is 2.28. The fraction of sp³-hybridized carbons (Fsp3) is 0.643. The second-order valence-corrected chi connectivity index (χ2v) is 4.80. The van der Waals surface area contributed by atoms with Crippen molar-refractivity contribution >= 4 is 28.8 Å². The van der Waals surface area contributed by atoms with Gasteiger partial charge in [-0.05, 0) is 32.7 Å². The van der Waals surface area contributed by atoms with E-state index in [0.29, 0.717) is 31.0 Å². The van der Waals surface area contributed by atoms with Gasteiger partial charge in [-0.2, -0.15) is 0 Å². The maximum atomic E-state index is 12.1. The molecular weight excluding hydrogens is 430 g/mol. The summed E-state index contributed by atoms with van der Waals surface area (Å²) in [4.78, 5) is 24.2. The SMILES string of the molecule is Br.CCn1c[n+](CCCCCN)c(C(=O)NC)c1C(=O)NC.[Br-]. The van der Waals surface area contributed by atoms with Crippen LogP contribution in [0.1, 0.15) is 47.2 Å². The minimum absolute atomic E-state index is 0. The van der Waals surface area contributed by atoms with Crippen molar-refractivity contribution in [2.24, 2.45) is 5.73 Å². The van der Waals surface area contributed by atoms with Crippen molar-refractivity contribution in [2.75, 3.05) is 20.6 Å². The zero-order valence-corrected chi connectivity index (χ0v) is 17.2. The van der Waals surface area contributed by atoms with Crippen LogP contribution in [-0.2, 0) is 13.1 Å². The largest absolute Gasteiger partial charge is 1.00 e. The Morgan fingerprint density at radius 3 is 2.26 bits per heavy atom. The van der Waals surface area contributed by atoms with E-state index in [-0.39, 0.29) is 45.8 Å². The van der Waals surface area contributed by atoms with Crippen LogP contribution in [-0.4, -0.2) is 37.0 Å². The summed E-state index contributed by atoms with van der Waals surface area (Å²) in [5, 5.41) is 5.20. The van der Waals surface area contributed by atoms with E-state index in [0.717, 1.165) is 19.3 Å². The number of halogens is 2. The van der Waals surface area contributed by atoms with Gasteiger partial charge in [0.15, 0.2) is 0 Å². The lowest BCUT2D eigenvalue weighted by molar-refractivity contribution is -0.698. The van der Waals surface area contributed by atoms with E-state index in [4.69, 9.17) is 5.73 Å². The predicted molar refractivity (Wildman–Crippen MR) is 90.3 cm³/mol. The van der Waals surface area contributed by atoms with Gasteiger partial charge in [-0.15, -0.1) is 17.0 Å². The molecule has 0 fully saturated rings. The molecule has 7 nitrogen and oxygen atoms in total. The molecule has 1 aromatic heterocycles. The number of nitrogens with zero attached hydrogens (tertiary/aromatic N) is 2. The molecule has 0 aliphatic carbocycles. The molecule has 0 unspecified atom stereocenters. The summed E-state index contributed by atoms with van der Waals surface area (Å²) in [5.74, 6) is -0.504. The van der Waals surface area contributed by atoms with Crippen molar-refractivity contribution in [2.45, 2.75) is 39.3 Å². The Labute approximate surface area is 158 Å². The normalized spacial score (nSPS) is 9.57. The van der Waals surface area contributed by atoms with Gasteiger partial charge >= 0.3 is 0 Å². The zero-order valence-electron chi connectivity index (χ0n) is 13.9. The molecule has 0 spiro atoms. The molecule has 4 N–H and O–H groups in total. The standard InChI is InChI=1S/C14H25N5O2.2BrH/c1-4-18-10-19(9-7-5-6-8-15)12(14(21)17-3)11(18)13(20)16-2;;/h10H,4-9,15H2,1-3H3,(H-,16,17,20,21);2*1H. The summed E-state index contributed by atoms with van der Waals surface area (Å²) in [7, 11) is 3.13. The highest BCUT2D eigenvalue weighted by Gasteiger charge is 2.32. The molecule has 0 aliphatic rings. The van der Waals surface area contributed by atoms with Crippen LogP contribution in [0.4, 0.5) is 0 Å². The van der Waals surface area contributed by atoms with Gasteiger partial charge in [0.05, 0.1) is 13.1 Å². The lowest BCUT2D eigenvalue weighted by Gasteiger charge is -2.03. The Hall–Kier alpha value is -0.930. The monoisotopic (exact) mass is 455 g/mol. The van der Waals surface area contributed by atoms with E-state index in [1.165, 1.54) is 0 Å². The average molecular weight is 457 g/mol. The molecule has 134 valence electrons. The van der Waals surface area contributed by atoms with Gasteiger partial charge in [-0.3, -0.25) is 9.59 Å². The molecule has 0 bridgehead atoms. The van der Waals surface area contributed by atoms with E-state index < -0.39 is 0 Å². The minimum Gasteiger partial charge on any atom is -1.00 e. The molecule has 2 amide bonds. The summed E-state index contributed by atoms with van der Waals surface area (Å²) < 4.78 is 3.65. The first-order valence-electron chi connectivity index (χ1n) is 7.37. The van der Waals surface area contributed by atoms with E-state index in [9.17, 15) is 9.59 Å². The van der Waals surface area contributed by atoms with Crippen molar-refractivity contribution in [1.82, 2.24) is 15.2 Å². The van der Waals surface area contributed by atoms with E-state index >= 15 is 0 Å². The molecule has 0 saturated heterocycles. The molecule has 9 heteroatoms. The maximum absolute atomic E-state index is 12.1. The van der Waals surface area contributed by atoms with Crippen LogP contribution in [0.15, 0.2) is 6.33 Å². The third-order valence-corrected chi connectivity index (χ3v) is 3.41. The highest BCUT2D eigenvalue weighted by atomic mass is 79.9. The number of hydrogen-bond acceptors (Lipinski definition) is 3. The molecule has 0 aromatic carbocycles. The molecular formula is C14H27Br2N5O2. The molecule has 0 atom stereocenters. The molecule has 1 aromatic rings. The Morgan fingerprint density at radius 1 is 1.17 bits per heavy atom. The van der Waals surface area contributed by atoms with Crippen molar-refractivity contribution in [3.8, 4) is 0 Å². The van der Waals surface area contributed by atoms with Crippen LogP contribution in [0.25, 0.3) is 0 Å². The highest BCUT2D eigenvalue weighted by molar-refractivity contribution is 8.93. The average Bonchev–Trinajstić information content (AvgIpc) is 2.88. The summed E-state index contributed by atoms with van der Waals surface area (Å²) in [6.45, 7) is 3.94. The highest BCUT2D eigenvalue weighted by Crippen LogP contribution is 2.08. The van der Waals surface area contributed by atoms with E-state index in [1.54, 1.807) is 18.7 Å². The number of rotatable bonds is 8. The summed E-state index contributed by atoms with van der Waals surface area (Å²) in [6, 6.07) is 0. The van der Waals surface area contributed by atoms with Crippen LogP contribution in [0.2, 0.25) is 0 Å². The lowest BCUT2D eigenvalue weighted by atomic mass is 10.2. The van der Waals surface area contributed by atoms with Gasteiger partial charge in [-0.1, -0.05) is 0 Å². The topological polar surface area (TPSA) is 93.0 Å². The van der Waals surface area contributed by atoms with E-state index in [2.05, 4.69) is 10.6 Å². The number of amides is 2. The molecule has 0 aliphatic heterocycles. The number of aryl methyl sites for hydroxylation is 2. The number of carbonyl (C=O) groups is 2. The lowest BCUT2D eigenvalue weighted by Crippen LogP contribution is -3.00. The zero-order chi connectivity index (χ0) is 15.8. The van der Waals surface area contributed by atoms with Crippen LogP contribution in [0, 0.1) is 0 Å². The number of nitrogens with one attached hydrogen (secondary N) is 2. The van der Waals surface area contributed by atoms with Crippen LogP contribution >= 0.6 is 17.0 Å². The second kappa shape index (κ2) is 12.5. The van der Waals surface area contributed by atoms with Crippen LogP contribution < -0.4 is 37.9 Å². The molecule has 0 saturated carbocycles. The van der Waals surface area contributed by atoms with Gasteiger partial charge < -0.3 is 33.3 Å². The number of hydrogen-bond donors (Lipinski definition) is 3. The van der Waals surface area contributed by atoms with Crippen molar-refractivity contribution in [3.63, 3.8) is 0 Å². The van der Waals surface area contributed by atoms with Crippen molar-refractivity contribution in [3.05, 3.63) is 17.7 Å². The molecule has 23 heavy (non-hydrogen) atoms. The first-order chi connectivity index (χ1) is 10.1. The van der Waals surface area contributed by atoms with Gasteiger partial charge in [0.25, 0.3) is 11.8 Å². The number of imidazole rings is 1. The summed E-state index contributed by atoms with van der Waals surface area (Å²) in [6.07, 6.45) is 4.72. The first kappa shape index (κ1) is 24.3. The Morgan fingerprint density at radius 2 is 1.78 bits per heavy atom. The fourth-order valence-electron chi connectivity index (χ4n) is 2.28. The third-order valence-electron chi connectivity index (χ3n) is 3.41. The smallest absolute Gasteiger partial charge is 0.295 e. The Balaban J connectivity index is 0. The van der Waals surface area contributed by atoms with E-state index in [1.807, 2.05) is 17.8 Å². The van der Waals surface area contributed by atoms with Crippen LogP contribution in [0.3, 0.4) is 0 Å². The minimum atomic E-state index is -0.254. The van der Waals surface area contributed by atoms with Gasteiger partial charge in [-0.25, -0.2) is 9.13 Å². The predicted octanol–water partition coefficient (Wildman–Crippen LogP) is -2.77. The number of carbonyl (C=O) groups excluding carboxylic acids is 2. The summed E-state index contributed by atoms with van der Waals surface area (Å²) >= 11 is 0. The van der Waals surface area contributed by atoms with Gasteiger partial charge in [0.1, 0.15) is 0 Å². The molecule has 1 rings (SSSR count). The van der Waals surface area contributed by atoms with Crippen molar-refractivity contribution < 1.29 is 31.1 Å². The maximum Gasteiger partial charge on any atom is 0.295 e. The molecule has 0 radical (unpaired) electrons. The quantitative estimate of drug-likeness (QED) is 0.292. The van der Waals surface area contributed by atoms with Crippen LogP contribution in [0.5, 0.6) is 0 Å². The second-order valence-electron chi connectivity index (χ2n) is 4.80. The molecule has 1 heterocycles. The number of unbranched alkanes of at least 4 members (excludes halogenated alkanes) is 2. The third kappa shape index (κ3) is 6.23. The van der Waals surface area contributed by atoms with Gasteiger partial charge in [0, 0.05) is 14.1 Å². The number of nitrogens with two attached hydrogens (primary N) is 1. The Kier molecular flexibility index (Phi) is 13.2.